The van der Waals surface area contributed by atoms with Gasteiger partial charge in [0.05, 0.1) is 20.8 Å². The number of aromatic nitrogens is 2. The van der Waals surface area contributed by atoms with Crippen molar-refractivity contribution in [3.8, 4) is 10.7 Å². The highest BCUT2D eigenvalue weighted by Crippen LogP contribution is 2.30. The number of imidazole rings is 1. The van der Waals surface area contributed by atoms with Crippen molar-refractivity contribution in [2.75, 3.05) is 5.32 Å². The van der Waals surface area contributed by atoms with Crippen LogP contribution in [-0.2, 0) is 7.05 Å². The third-order valence-corrected chi connectivity index (χ3v) is 5.47. The van der Waals surface area contributed by atoms with Crippen LogP contribution in [0.3, 0.4) is 0 Å². The third-order valence-electron chi connectivity index (χ3n) is 3.96. The van der Waals surface area contributed by atoms with Gasteiger partial charge in [-0.1, -0.05) is 35.3 Å². The predicted octanol–water partition coefficient (Wildman–Crippen LogP) is 5.86. The zero-order valence-electron chi connectivity index (χ0n) is 13.7. The molecule has 0 atom stereocenters. The summed E-state index contributed by atoms with van der Waals surface area (Å²) in [5.74, 6) is 0.624. The molecule has 4 aromatic rings. The molecule has 2 aromatic carbocycles. The summed E-state index contributed by atoms with van der Waals surface area (Å²) in [7, 11) is 1.97. The Labute approximate surface area is 164 Å². The SMILES string of the molecule is Cn1c(-c2ccc(C(=O)Nc3cc(Cl)cc(Cl)c3)s2)nc2ccccc21. The quantitative estimate of drug-likeness (QED) is 0.467. The van der Waals surface area contributed by atoms with Crippen molar-refractivity contribution >= 4 is 57.2 Å². The van der Waals surface area contributed by atoms with Crippen LogP contribution in [0, 0.1) is 0 Å². The number of hydrogen-bond donors (Lipinski definition) is 1. The van der Waals surface area contributed by atoms with Gasteiger partial charge in [-0.15, -0.1) is 11.3 Å². The van der Waals surface area contributed by atoms with Gasteiger partial charge in [0.2, 0.25) is 0 Å². The lowest BCUT2D eigenvalue weighted by atomic mass is 10.3. The Morgan fingerprint density at radius 3 is 2.54 bits per heavy atom. The normalized spacial score (nSPS) is 11.0. The highest BCUT2D eigenvalue weighted by atomic mass is 35.5. The number of anilines is 1. The van der Waals surface area contributed by atoms with Crippen LogP contribution in [0.25, 0.3) is 21.7 Å². The number of hydrogen-bond acceptors (Lipinski definition) is 3. The van der Waals surface area contributed by atoms with Crippen molar-refractivity contribution in [1.29, 1.82) is 0 Å². The maximum absolute atomic E-state index is 12.5. The number of nitrogens with one attached hydrogen (secondary N) is 1. The highest BCUT2D eigenvalue weighted by Gasteiger charge is 2.15. The Bertz CT molecular complexity index is 1110. The molecular weight excluding hydrogens is 389 g/mol. The van der Waals surface area contributed by atoms with E-state index in [-0.39, 0.29) is 5.91 Å². The molecule has 4 nitrogen and oxygen atoms in total. The number of halogens is 2. The van der Waals surface area contributed by atoms with Gasteiger partial charge in [-0.2, -0.15) is 0 Å². The molecule has 4 rings (SSSR count). The molecule has 0 saturated heterocycles. The van der Waals surface area contributed by atoms with E-state index in [1.54, 1.807) is 24.3 Å². The van der Waals surface area contributed by atoms with E-state index in [4.69, 9.17) is 23.2 Å². The molecule has 0 saturated carbocycles. The number of amides is 1. The lowest BCUT2D eigenvalue weighted by Crippen LogP contribution is -2.09. The van der Waals surface area contributed by atoms with Crippen LogP contribution in [0.2, 0.25) is 10.0 Å². The van der Waals surface area contributed by atoms with E-state index in [0.29, 0.717) is 20.6 Å². The molecule has 0 aliphatic heterocycles. The summed E-state index contributed by atoms with van der Waals surface area (Å²) in [6.07, 6.45) is 0. The molecule has 2 aromatic heterocycles. The first-order valence-electron chi connectivity index (χ1n) is 7.80. The molecule has 0 aliphatic rings. The Balaban J connectivity index is 1.62. The molecule has 0 fully saturated rings. The van der Waals surface area contributed by atoms with Crippen LogP contribution < -0.4 is 5.32 Å². The van der Waals surface area contributed by atoms with Crippen molar-refractivity contribution in [3.05, 3.63) is 69.5 Å². The van der Waals surface area contributed by atoms with Crippen molar-refractivity contribution < 1.29 is 4.79 Å². The van der Waals surface area contributed by atoms with Gasteiger partial charge in [0, 0.05) is 22.8 Å². The molecule has 0 unspecified atom stereocenters. The zero-order chi connectivity index (χ0) is 18.3. The highest BCUT2D eigenvalue weighted by molar-refractivity contribution is 7.17. The monoisotopic (exact) mass is 401 g/mol. The molecule has 26 heavy (non-hydrogen) atoms. The lowest BCUT2D eigenvalue weighted by molar-refractivity contribution is 0.103. The van der Waals surface area contributed by atoms with Gasteiger partial charge >= 0.3 is 0 Å². The first-order chi connectivity index (χ1) is 12.5. The number of carbonyl (C=O) groups is 1. The van der Waals surface area contributed by atoms with Crippen LogP contribution in [0.4, 0.5) is 5.69 Å². The number of para-hydroxylation sites is 2. The summed E-state index contributed by atoms with van der Waals surface area (Å²) >= 11 is 13.3. The van der Waals surface area contributed by atoms with E-state index in [0.717, 1.165) is 21.7 Å². The average Bonchev–Trinajstić information content (AvgIpc) is 3.19. The maximum Gasteiger partial charge on any atom is 0.265 e. The Morgan fingerprint density at radius 2 is 1.81 bits per heavy atom. The Kier molecular flexibility index (Phi) is 4.44. The number of benzene rings is 2. The molecule has 0 radical (unpaired) electrons. The van der Waals surface area contributed by atoms with E-state index in [1.165, 1.54) is 11.3 Å². The second-order valence-corrected chi connectivity index (χ2v) is 7.72. The van der Waals surface area contributed by atoms with Crippen molar-refractivity contribution in [2.45, 2.75) is 0 Å². The van der Waals surface area contributed by atoms with E-state index in [9.17, 15) is 4.79 Å². The zero-order valence-corrected chi connectivity index (χ0v) is 16.0. The second kappa shape index (κ2) is 6.76. The maximum atomic E-state index is 12.5. The van der Waals surface area contributed by atoms with Crippen LogP contribution in [0.5, 0.6) is 0 Å². The van der Waals surface area contributed by atoms with Gasteiger partial charge in [-0.25, -0.2) is 4.98 Å². The van der Waals surface area contributed by atoms with Gasteiger partial charge in [-0.3, -0.25) is 4.79 Å². The molecule has 0 spiro atoms. The van der Waals surface area contributed by atoms with E-state index >= 15 is 0 Å². The summed E-state index contributed by atoms with van der Waals surface area (Å²) in [6.45, 7) is 0. The van der Waals surface area contributed by atoms with Gasteiger partial charge in [0.1, 0.15) is 0 Å². The molecule has 2 heterocycles. The van der Waals surface area contributed by atoms with Crippen molar-refractivity contribution in [2.24, 2.45) is 7.05 Å². The minimum atomic E-state index is -0.210. The van der Waals surface area contributed by atoms with Crippen LogP contribution in [0.15, 0.2) is 54.6 Å². The van der Waals surface area contributed by atoms with Crippen LogP contribution in [0.1, 0.15) is 9.67 Å². The van der Waals surface area contributed by atoms with Gasteiger partial charge in [0.25, 0.3) is 5.91 Å². The van der Waals surface area contributed by atoms with Gasteiger partial charge in [-0.05, 0) is 42.5 Å². The van der Waals surface area contributed by atoms with Crippen molar-refractivity contribution in [1.82, 2.24) is 9.55 Å². The Hall–Kier alpha value is -2.34. The number of thiophene rings is 1. The average molecular weight is 402 g/mol. The summed E-state index contributed by atoms with van der Waals surface area (Å²) < 4.78 is 2.03. The minimum absolute atomic E-state index is 0.210. The fourth-order valence-corrected chi connectivity index (χ4v) is 4.22. The molecule has 0 bridgehead atoms. The largest absolute Gasteiger partial charge is 0.326 e. The number of nitrogens with zero attached hydrogens (tertiary/aromatic N) is 2. The summed E-state index contributed by atoms with van der Waals surface area (Å²) in [5.41, 5.74) is 2.54. The molecule has 1 N–H and O–H groups in total. The van der Waals surface area contributed by atoms with Crippen LogP contribution >= 0.6 is 34.5 Å². The third kappa shape index (κ3) is 3.21. The van der Waals surface area contributed by atoms with E-state index in [1.807, 2.05) is 41.9 Å². The van der Waals surface area contributed by atoms with E-state index < -0.39 is 0 Å². The number of rotatable bonds is 3. The molecule has 7 heteroatoms. The topological polar surface area (TPSA) is 46.9 Å². The fourth-order valence-electron chi connectivity index (χ4n) is 2.76. The van der Waals surface area contributed by atoms with Gasteiger partial charge in [0.15, 0.2) is 5.82 Å². The molecule has 130 valence electrons. The van der Waals surface area contributed by atoms with Crippen molar-refractivity contribution in [3.63, 3.8) is 0 Å². The standard InChI is InChI=1S/C19H13Cl2N3OS/c1-24-15-5-3-2-4-14(15)23-18(24)16-6-7-17(26-16)19(25)22-13-9-11(20)8-12(21)10-13/h2-10H,1H3,(H,22,25). The molecule has 1 amide bonds. The van der Waals surface area contributed by atoms with E-state index in [2.05, 4.69) is 10.3 Å². The predicted molar refractivity (Wildman–Crippen MR) is 108 cm³/mol. The lowest BCUT2D eigenvalue weighted by Gasteiger charge is -2.05. The second-order valence-electron chi connectivity index (χ2n) is 5.76. The fraction of sp³-hybridized carbons (Fsp3) is 0.0526. The number of aryl methyl sites for hydroxylation is 1. The van der Waals surface area contributed by atoms with Gasteiger partial charge < -0.3 is 9.88 Å². The number of carbonyl (C=O) groups excluding carboxylic acids is 1. The Morgan fingerprint density at radius 1 is 1.08 bits per heavy atom. The minimum Gasteiger partial charge on any atom is -0.326 e. The summed E-state index contributed by atoms with van der Waals surface area (Å²) in [6, 6.07) is 16.6. The molecular formula is C19H13Cl2N3OS. The number of fused-ring (bicyclic) bond motifs is 1. The first kappa shape index (κ1) is 17.1. The molecule has 0 aliphatic carbocycles. The van der Waals surface area contributed by atoms with Crippen LogP contribution in [-0.4, -0.2) is 15.5 Å². The smallest absolute Gasteiger partial charge is 0.265 e. The summed E-state index contributed by atoms with van der Waals surface area (Å²) in [5, 5.41) is 3.76. The first-order valence-corrected chi connectivity index (χ1v) is 9.37. The summed E-state index contributed by atoms with van der Waals surface area (Å²) in [4.78, 5) is 18.7.